The van der Waals surface area contributed by atoms with Gasteiger partial charge in [-0.15, -0.1) is 11.3 Å². The average molecular weight is 760 g/mol. The molecule has 0 N–H and O–H groups in total. The van der Waals surface area contributed by atoms with Crippen molar-refractivity contribution in [2.75, 3.05) is 0 Å². The first-order valence-corrected chi connectivity index (χ1v) is 21.2. The monoisotopic (exact) mass is 759 g/mol. The Hall–Kier alpha value is -6.74. The van der Waals surface area contributed by atoms with E-state index in [0.717, 1.165) is 6.42 Å². The highest BCUT2D eigenvalue weighted by Crippen LogP contribution is 2.46. The second-order valence-corrected chi connectivity index (χ2v) is 16.7. The molecule has 2 heteroatoms. The number of para-hydroxylation sites is 2. The molecule has 0 saturated carbocycles. The number of benzene rings is 9. The Bertz CT molecular complexity index is 3350. The van der Waals surface area contributed by atoms with E-state index in [1.165, 1.54) is 109 Å². The van der Waals surface area contributed by atoms with E-state index in [1.54, 1.807) is 0 Å². The molecule has 0 aliphatic rings. The van der Waals surface area contributed by atoms with Crippen LogP contribution in [0.1, 0.15) is 36.0 Å². The summed E-state index contributed by atoms with van der Waals surface area (Å²) in [5.41, 5.74) is 15.3. The summed E-state index contributed by atoms with van der Waals surface area (Å²) in [4.78, 5) is 0. The first-order chi connectivity index (χ1) is 28.6. The molecule has 1 unspecified atom stereocenters. The minimum atomic E-state index is 0.210. The zero-order valence-electron chi connectivity index (χ0n) is 32.6. The van der Waals surface area contributed by atoms with Crippen molar-refractivity contribution in [3.63, 3.8) is 0 Å². The van der Waals surface area contributed by atoms with Gasteiger partial charge in [0.2, 0.25) is 0 Å². The number of rotatable bonds is 7. The number of aryl methyl sites for hydroxylation is 1. The fourth-order valence-electron chi connectivity index (χ4n) is 9.40. The smallest absolute Gasteiger partial charge is 0.0541 e. The van der Waals surface area contributed by atoms with Crippen molar-refractivity contribution >= 4 is 64.1 Å². The Morgan fingerprint density at radius 3 is 2.03 bits per heavy atom. The van der Waals surface area contributed by atoms with Gasteiger partial charge in [-0.25, -0.2) is 0 Å². The third-order valence-electron chi connectivity index (χ3n) is 12.3. The highest BCUT2D eigenvalue weighted by Gasteiger charge is 2.22. The van der Waals surface area contributed by atoms with Crippen LogP contribution in [0, 0.1) is 6.92 Å². The zero-order valence-corrected chi connectivity index (χ0v) is 33.4. The fourth-order valence-corrected chi connectivity index (χ4v) is 10.6. The van der Waals surface area contributed by atoms with Crippen molar-refractivity contribution in [1.29, 1.82) is 0 Å². The number of nitrogens with zero attached hydrogens (tertiary/aromatic N) is 1. The SMILES string of the molecule is CCC(c1cc(-c2ccc3ccccc3c2)c2sc3ccccc3c2c1)c1ccccc1-c1cc(-c2ccc3c(c2)c2ccccc2n3-c2ccccc2)ccc1C. The van der Waals surface area contributed by atoms with Gasteiger partial charge in [0.05, 0.1) is 11.0 Å². The molecule has 1 nitrogen and oxygen atoms in total. The molecule has 1 atom stereocenters. The van der Waals surface area contributed by atoms with Crippen LogP contribution in [0.2, 0.25) is 0 Å². The lowest BCUT2D eigenvalue weighted by atomic mass is 9.81. The molecule has 0 fully saturated rings. The predicted octanol–water partition coefficient (Wildman–Crippen LogP) is 16.2. The Morgan fingerprint density at radius 1 is 0.466 bits per heavy atom. The molecule has 9 aromatic carbocycles. The Kier molecular flexibility index (Phi) is 8.34. The molecular weight excluding hydrogens is 719 g/mol. The molecule has 0 bridgehead atoms. The summed E-state index contributed by atoms with van der Waals surface area (Å²) >= 11 is 1.91. The van der Waals surface area contributed by atoms with Crippen molar-refractivity contribution in [2.45, 2.75) is 26.2 Å². The molecule has 11 rings (SSSR count). The topological polar surface area (TPSA) is 4.93 Å². The number of hydrogen-bond acceptors (Lipinski definition) is 1. The van der Waals surface area contributed by atoms with Crippen LogP contribution in [-0.4, -0.2) is 4.57 Å². The van der Waals surface area contributed by atoms with Crippen LogP contribution in [0.25, 0.3) is 91.8 Å². The molecule has 11 aromatic rings. The lowest BCUT2D eigenvalue weighted by Gasteiger charge is -2.22. The van der Waals surface area contributed by atoms with Crippen LogP contribution in [0.3, 0.4) is 0 Å². The van der Waals surface area contributed by atoms with E-state index in [-0.39, 0.29) is 5.92 Å². The fraction of sp³-hybridized carbons (Fsp3) is 0.0714. The number of thiophene rings is 1. The van der Waals surface area contributed by atoms with Gasteiger partial charge < -0.3 is 4.57 Å². The summed E-state index contributed by atoms with van der Waals surface area (Å²) in [6, 6.07) is 72.2. The van der Waals surface area contributed by atoms with Crippen LogP contribution in [0.4, 0.5) is 0 Å². The van der Waals surface area contributed by atoms with Crippen molar-refractivity contribution in [2.24, 2.45) is 0 Å². The summed E-state index contributed by atoms with van der Waals surface area (Å²) in [7, 11) is 0. The molecule has 0 saturated heterocycles. The number of fused-ring (bicyclic) bond motifs is 7. The van der Waals surface area contributed by atoms with E-state index in [1.807, 2.05) is 11.3 Å². The lowest BCUT2D eigenvalue weighted by molar-refractivity contribution is 0.780. The maximum absolute atomic E-state index is 2.50. The number of aromatic nitrogens is 1. The Balaban J connectivity index is 1.05. The molecule has 0 radical (unpaired) electrons. The van der Waals surface area contributed by atoms with E-state index in [2.05, 4.69) is 213 Å². The summed E-state index contributed by atoms with van der Waals surface area (Å²) in [6.07, 6.45) is 0.989. The van der Waals surface area contributed by atoms with E-state index < -0.39 is 0 Å². The van der Waals surface area contributed by atoms with Crippen LogP contribution < -0.4 is 0 Å². The summed E-state index contributed by atoms with van der Waals surface area (Å²) < 4.78 is 5.08. The molecule has 0 spiro atoms. The normalized spacial score (nSPS) is 12.3. The minimum Gasteiger partial charge on any atom is -0.309 e. The first kappa shape index (κ1) is 34.5. The van der Waals surface area contributed by atoms with E-state index >= 15 is 0 Å². The zero-order chi connectivity index (χ0) is 38.7. The van der Waals surface area contributed by atoms with Crippen molar-refractivity contribution in [1.82, 2.24) is 4.57 Å². The van der Waals surface area contributed by atoms with Gasteiger partial charge >= 0.3 is 0 Å². The molecular formula is C56H41NS. The third-order valence-corrected chi connectivity index (χ3v) is 13.5. The van der Waals surface area contributed by atoms with Crippen molar-refractivity contribution in [3.05, 3.63) is 211 Å². The molecule has 0 aliphatic carbocycles. The van der Waals surface area contributed by atoms with E-state index in [4.69, 9.17) is 0 Å². The van der Waals surface area contributed by atoms with E-state index in [9.17, 15) is 0 Å². The van der Waals surface area contributed by atoms with Gasteiger partial charge in [-0.3, -0.25) is 0 Å². The lowest BCUT2D eigenvalue weighted by Crippen LogP contribution is -2.03. The first-order valence-electron chi connectivity index (χ1n) is 20.4. The average Bonchev–Trinajstić information content (AvgIpc) is 3.82. The van der Waals surface area contributed by atoms with Crippen LogP contribution in [0.5, 0.6) is 0 Å². The van der Waals surface area contributed by atoms with Gasteiger partial charge in [-0.05, 0) is 135 Å². The number of hydrogen-bond donors (Lipinski definition) is 0. The minimum absolute atomic E-state index is 0.210. The maximum Gasteiger partial charge on any atom is 0.0541 e. The van der Waals surface area contributed by atoms with Gasteiger partial charge in [0.25, 0.3) is 0 Å². The summed E-state index contributed by atoms with van der Waals surface area (Å²) in [5, 5.41) is 7.76. The van der Waals surface area contributed by atoms with Gasteiger partial charge in [0, 0.05) is 42.6 Å². The Morgan fingerprint density at radius 2 is 1.16 bits per heavy atom. The highest BCUT2D eigenvalue weighted by molar-refractivity contribution is 7.26. The summed E-state index contributed by atoms with van der Waals surface area (Å²) in [5.74, 6) is 0.210. The molecule has 58 heavy (non-hydrogen) atoms. The predicted molar refractivity (Wildman–Crippen MR) is 251 cm³/mol. The molecule has 0 amide bonds. The van der Waals surface area contributed by atoms with E-state index in [0.29, 0.717) is 0 Å². The largest absolute Gasteiger partial charge is 0.309 e. The second kappa shape index (κ2) is 14.0. The van der Waals surface area contributed by atoms with Crippen LogP contribution in [0.15, 0.2) is 194 Å². The molecule has 2 heterocycles. The second-order valence-electron chi connectivity index (χ2n) is 15.6. The van der Waals surface area contributed by atoms with Crippen LogP contribution in [-0.2, 0) is 0 Å². The highest BCUT2D eigenvalue weighted by atomic mass is 32.1. The van der Waals surface area contributed by atoms with Crippen molar-refractivity contribution < 1.29 is 0 Å². The van der Waals surface area contributed by atoms with Gasteiger partial charge in [-0.1, -0.05) is 140 Å². The standard InChI is InChI=1S/C56H41NS/c1-3-44(42-34-50(41-28-27-37-15-7-8-16-38(37)31-41)56-52(35-42)48-22-12-14-24-55(48)58-56)45-19-9-10-20-46(45)49-32-39(26-25-36(49)2)40-29-30-54-51(33-40)47-21-11-13-23-53(47)57(54)43-17-5-4-6-18-43/h4-35,44H,3H2,1-2H3. The third kappa shape index (κ3) is 5.67. The van der Waals surface area contributed by atoms with Crippen LogP contribution >= 0.6 is 11.3 Å². The Labute approximate surface area is 343 Å². The van der Waals surface area contributed by atoms with Crippen molar-refractivity contribution in [3.8, 4) is 39.1 Å². The quantitative estimate of drug-likeness (QED) is 0.152. The van der Waals surface area contributed by atoms with Gasteiger partial charge in [0.1, 0.15) is 0 Å². The maximum atomic E-state index is 2.50. The van der Waals surface area contributed by atoms with Gasteiger partial charge in [-0.2, -0.15) is 0 Å². The molecule has 2 aromatic heterocycles. The molecule has 276 valence electrons. The summed E-state index contributed by atoms with van der Waals surface area (Å²) in [6.45, 7) is 4.60. The van der Waals surface area contributed by atoms with Gasteiger partial charge in [0.15, 0.2) is 0 Å². The molecule has 0 aliphatic heterocycles.